The lowest BCUT2D eigenvalue weighted by Crippen LogP contribution is -2.57. The van der Waals surface area contributed by atoms with Gasteiger partial charge in [-0.15, -0.1) is 0 Å². The van der Waals surface area contributed by atoms with Gasteiger partial charge in [0.25, 0.3) is 0 Å². The van der Waals surface area contributed by atoms with Gasteiger partial charge in [-0.2, -0.15) is 0 Å². The number of rotatable bonds is 3. The number of halogens is 1. The van der Waals surface area contributed by atoms with Crippen LogP contribution in [0.2, 0.25) is 0 Å². The first-order valence-electron chi connectivity index (χ1n) is 7.97. The van der Waals surface area contributed by atoms with Crippen molar-refractivity contribution in [3.8, 4) is 0 Å². The van der Waals surface area contributed by atoms with E-state index in [-0.39, 0.29) is 11.7 Å². The normalized spacial score (nSPS) is 24.5. The first-order valence-corrected chi connectivity index (χ1v) is 7.97. The third-order valence-corrected chi connectivity index (χ3v) is 4.82. The van der Waals surface area contributed by atoms with E-state index in [1.165, 1.54) is 12.1 Å². The van der Waals surface area contributed by atoms with Crippen LogP contribution < -0.4 is 5.73 Å². The van der Waals surface area contributed by atoms with E-state index in [9.17, 15) is 9.18 Å². The summed E-state index contributed by atoms with van der Waals surface area (Å²) in [5.41, 5.74) is 6.66. The van der Waals surface area contributed by atoms with Gasteiger partial charge in [0.1, 0.15) is 5.82 Å². The van der Waals surface area contributed by atoms with E-state index in [2.05, 4.69) is 0 Å². The largest absolute Gasteiger partial charge is 0.381 e. The van der Waals surface area contributed by atoms with Gasteiger partial charge in [-0.25, -0.2) is 4.39 Å². The number of carbonyl (C=O) groups is 1. The molecule has 2 N–H and O–H groups in total. The molecule has 0 aliphatic carbocycles. The van der Waals surface area contributed by atoms with Crippen molar-refractivity contribution in [2.75, 3.05) is 26.3 Å². The van der Waals surface area contributed by atoms with Crippen LogP contribution in [0, 0.1) is 11.7 Å². The first kappa shape index (κ1) is 15.4. The Bertz CT molecular complexity index is 526. The van der Waals surface area contributed by atoms with E-state index in [0.717, 1.165) is 31.5 Å². The van der Waals surface area contributed by atoms with E-state index in [1.807, 2.05) is 17.0 Å². The molecule has 5 heteroatoms. The molecule has 0 aromatic heterocycles. The number of hydrogen-bond donors (Lipinski definition) is 1. The minimum absolute atomic E-state index is 0.0670. The Kier molecular flexibility index (Phi) is 4.45. The third-order valence-electron chi connectivity index (χ3n) is 4.82. The molecule has 1 aromatic carbocycles. The summed E-state index contributed by atoms with van der Waals surface area (Å²) < 4.78 is 18.2. The van der Waals surface area contributed by atoms with Crippen LogP contribution in [0.15, 0.2) is 24.3 Å². The molecule has 2 saturated heterocycles. The highest BCUT2D eigenvalue weighted by atomic mass is 19.1. The fourth-order valence-corrected chi connectivity index (χ4v) is 3.40. The van der Waals surface area contributed by atoms with Gasteiger partial charge < -0.3 is 15.4 Å². The van der Waals surface area contributed by atoms with E-state index >= 15 is 0 Å². The maximum Gasteiger partial charge on any atom is 0.242 e. The maximum atomic E-state index is 12.9. The zero-order valence-corrected chi connectivity index (χ0v) is 12.8. The molecular weight excluding hydrogens is 283 g/mol. The molecule has 2 fully saturated rings. The topological polar surface area (TPSA) is 55.6 Å². The molecule has 4 nitrogen and oxygen atoms in total. The Morgan fingerprint density at radius 1 is 1.32 bits per heavy atom. The lowest BCUT2D eigenvalue weighted by molar-refractivity contribution is -0.139. The molecule has 1 atom stereocenters. The highest BCUT2D eigenvalue weighted by Crippen LogP contribution is 2.26. The number of benzene rings is 1. The number of nitrogens with two attached hydrogens (primary N) is 1. The molecule has 2 aliphatic heterocycles. The summed E-state index contributed by atoms with van der Waals surface area (Å²) in [6.07, 6.45) is 3.07. The van der Waals surface area contributed by atoms with Crippen LogP contribution in [0.25, 0.3) is 0 Å². The van der Waals surface area contributed by atoms with Crippen LogP contribution in [0.3, 0.4) is 0 Å². The molecule has 120 valence electrons. The second-order valence-electron chi connectivity index (χ2n) is 6.50. The molecular formula is C17H23FN2O2. The van der Waals surface area contributed by atoms with Crippen molar-refractivity contribution in [2.24, 2.45) is 11.7 Å². The molecule has 22 heavy (non-hydrogen) atoms. The average molecular weight is 306 g/mol. The molecule has 0 saturated carbocycles. The van der Waals surface area contributed by atoms with Gasteiger partial charge in [-0.3, -0.25) is 4.79 Å². The molecule has 0 spiro atoms. The molecule has 2 heterocycles. The molecule has 1 unspecified atom stereocenters. The van der Waals surface area contributed by atoms with Gasteiger partial charge in [-0.1, -0.05) is 12.1 Å². The Morgan fingerprint density at radius 3 is 2.68 bits per heavy atom. The van der Waals surface area contributed by atoms with Crippen LogP contribution in [0.4, 0.5) is 4.39 Å². The molecule has 0 bridgehead atoms. The van der Waals surface area contributed by atoms with Crippen molar-refractivity contribution in [1.29, 1.82) is 0 Å². The van der Waals surface area contributed by atoms with Gasteiger partial charge in [-0.05, 0) is 49.3 Å². The summed E-state index contributed by atoms with van der Waals surface area (Å²) in [6, 6.07) is 6.62. The first-order chi connectivity index (χ1) is 10.6. The fraction of sp³-hybridized carbons (Fsp3) is 0.588. The molecule has 3 rings (SSSR count). The number of nitrogens with zero attached hydrogens (tertiary/aromatic N) is 1. The summed E-state index contributed by atoms with van der Waals surface area (Å²) in [6.45, 7) is 2.64. The second-order valence-corrected chi connectivity index (χ2v) is 6.50. The van der Waals surface area contributed by atoms with Gasteiger partial charge in [0.15, 0.2) is 0 Å². The van der Waals surface area contributed by atoms with Gasteiger partial charge in [0.05, 0.1) is 5.54 Å². The van der Waals surface area contributed by atoms with Crippen molar-refractivity contribution in [3.05, 3.63) is 35.6 Å². The summed E-state index contributed by atoms with van der Waals surface area (Å²) in [5.74, 6) is 0.284. The zero-order valence-electron chi connectivity index (χ0n) is 12.8. The van der Waals surface area contributed by atoms with Crippen molar-refractivity contribution < 1.29 is 13.9 Å². The predicted octanol–water partition coefficient (Wildman–Crippen LogP) is 1.72. The third kappa shape index (κ3) is 3.31. The second kappa shape index (κ2) is 6.34. The smallest absolute Gasteiger partial charge is 0.242 e. The Labute approximate surface area is 130 Å². The molecule has 2 aliphatic rings. The summed E-state index contributed by atoms with van der Waals surface area (Å²) in [7, 11) is 0. The Hall–Kier alpha value is -1.46. The lowest BCUT2D eigenvalue weighted by Gasteiger charge is -2.35. The predicted molar refractivity (Wildman–Crippen MR) is 81.8 cm³/mol. The number of hydrogen-bond acceptors (Lipinski definition) is 3. The van der Waals surface area contributed by atoms with Crippen LogP contribution in [0.1, 0.15) is 24.8 Å². The summed E-state index contributed by atoms with van der Waals surface area (Å²) in [5, 5.41) is 0. The SMILES string of the molecule is NC1(C(=O)N2CCC(Cc3ccc(F)cc3)C2)CCOCC1. The number of likely N-dealkylation sites (tertiary alicyclic amines) is 1. The number of carbonyl (C=O) groups excluding carboxylic acids is 1. The van der Waals surface area contributed by atoms with E-state index in [0.29, 0.717) is 32.0 Å². The van der Waals surface area contributed by atoms with Crippen LogP contribution >= 0.6 is 0 Å². The monoisotopic (exact) mass is 306 g/mol. The maximum absolute atomic E-state index is 12.9. The Balaban J connectivity index is 1.57. The van der Waals surface area contributed by atoms with Crippen molar-refractivity contribution in [3.63, 3.8) is 0 Å². The highest BCUT2D eigenvalue weighted by molar-refractivity contribution is 5.86. The molecule has 1 amide bonds. The summed E-state index contributed by atoms with van der Waals surface area (Å²) >= 11 is 0. The summed E-state index contributed by atoms with van der Waals surface area (Å²) in [4.78, 5) is 14.6. The van der Waals surface area contributed by atoms with Crippen LogP contribution in [0.5, 0.6) is 0 Å². The van der Waals surface area contributed by atoms with Crippen LogP contribution in [-0.2, 0) is 16.0 Å². The lowest BCUT2D eigenvalue weighted by atomic mass is 9.90. The molecule has 1 aromatic rings. The van der Waals surface area contributed by atoms with Crippen LogP contribution in [-0.4, -0.2) is 42.6 Å². The van der Waals surface area contributed by atoms with E-state index in [1.54, 1.807) is 0 Å². The Morgan fingerprint density at radius 2 is 2.00 bits per heavy atom. The van der Waals surface area contributed by atoms with E-state index in [4.69, 9.17) is 10.5 Å². The van der Waals surface area contributed by atoms with Crippen molar-refractivity contribution in [2.45, 2.75) is 31.2 Å². The molecule has 0 radical (unpaired) electrons. The standard InChI is InChI=1S/C17H23FN2O2/c18-15-3-1-13(2-4-15)11-14-5-8-20(12-14)16(21)17(19)6-9-22-10-7-17/h1-4,14H,5-12,19H2. The highest BCUT2D eigenvalue weighted by Gasteiger charge is 2.40. The number of ether oxygens (including phenoxy) is 1. The zero-order chi connectivity index (χ0) is 15.6. The fourth-order valence-electron chi connectivity index (χ4n) is 3.40. The number of amides is 1. The van der Waals surface area contributed by atoms with Gasteiger partial charge in [0.2, 0.25) is 5.91 Å². The van der Waals surface area contributed by atoms with Crippen molar-refractivity contribution in [1.82, 2.24) is 4.90 Å². The quantitative estimate of drug-likeness (QED) is 0.925. The van der Waals surface area contributed by atoms with Gasteiger partial charge in [0, 0.05) is 26.3 Å². The minimum Gasteiger partial charge on any atom is -0.381 e. The van der Waals surface area contributed by atoms with Crippen molar-refractivity contribution >= 4 is 5.91 Å². The van der Waals surface area contributed by atoms with E-state index < -0.39 is 5.54 Å². The minimum atomic E-state index is -0.747. The average Bonchev–Trinajstić information content (AvgIpc) is 2.98. The van der Waals surface area contributed by atoms with Gasteiger partial charge >= 0.3 is 0 Å².